The van der Waals surface area contributed by atoms with Crippen molar-refractivity contribution in [3.05, 3.63) is 17.5 Å². The largest absolute Gasteiger partial charge is 0.357 e. The van der Waals surface area contributed by atoms with Gasteiger partial charge < -0.3 is 5.32 Å². The molecule has 0 aliphatic carbocycles. The Morgan fingerprint density at radius 2 is 2.00 bits per heavy atom. The minimum Gasteiger partial charge on any atom is -0.357 e. The number of aryl methyl sites for hydroxylation is 1. The van der Waals surface area contributed by atoms with E-state index < -0.39 is 0 Å². The van der Waals surface area contributed by atoms with Crippen LogP contribution in [0.2, 0.25) is 0 Å². The standard InChI is InChI=1S/C9H15N3/c1-6(2)8-5-7(3)11-9(10-4)12-8/h5-6H,1-4H3,(H,10,11,12). The van der Waals surface area contributed by atoms with Crippen molar-refractivity contribution < 1.29 is 0 Å². The molecular weight excluding hydrogens is 150 g/mol. The van der Waals surface area contributed by atoms with Crippen LogP contribution in [0.1, 0.15) is 31.2 Å². The third-order valence-corrected chi connectivity index (χ3v) is 1.69. The van der Waals surface area contributed by atoms with Crippen LogP contribution in [0.25, 0.3) is 0 Å². The van der Waals surface area contributed by atoms with Gasteiger partial charge in [0.2, 0.25) is 5.95 Å². The van der Waals surface area contributed by atoms with Gasteiger partial charge >= 0.3 is 0 Å². The number of rotatable bonds is 2. The first kappa shape index (κ1) is 8.97. The predicted molar refractivity (Wildman–Crippen MR) is 50.4 cm³/mol. The average molecular weight is 165 g/mol. The lowest BCUT2D eigenvalue weighted by Gasteiger charge is -2.07. The Kier molecular flexibility index (Phi) is 2.63. The third kappa shape index (κ3) is 1.94. The lowest BCUT2D eigenvalue weighted by Crippen LogP contribution is -2.02. The molecule has 0 saturated carbocycles. The lowest BCUT2D eigenvalue weighted by molar-refractivity contribution is 0.811. The summed E-state index contributed by atoms with van der Waals surface area (Å²) in [5.74, 6) is 1.16. The number of hydrogen-bond donors (Lipinski definition) is 1. The van der Waals surface area contributed by atoms with E-state index in [0.717, 1.165) is 11.4 Å². The first-order chi connectivity index (χ1) is 5.63. The first-order valence-electron chi connectivity index (χ1n) is 4.17. The van der Waals surface area contributed by atoms with Crippen molar-refractivity contribution in [2.24, 2.45) is 0 Å². The molecule has 1 aromatic rings. The molecule has 1 rings (SSSR count). The van der Waals surface area contributed by atoms with Crippen LogP contribution in [0.15, 0.2) is 6.07 Å². The van der Waals surface area contributed by atoms with Crippen molar-refractivity contribution in [1.82, 2.24) is 9.97 Å². The second-order valence-electron chi connectivity index (χ2n) is 3.16. The monoisotopic (exact) mass is 165 g/mol. The molecule has 3 heteroatoms. The quantitative estimate of drug-likeness (QED) is 0.727. The van der Waals surface area contributed by atoms with Gasteiger partial charge in [0.15, 0.2) is 0 Å². The van der Waals surface area contributed by atoms with Crippen LogP contribution in [0, 0.1) is 6.92 Å². The molecule has 0 unspecified atom stereocenters. The topological polar surface area (TPSA) is 37.8 Å². The summed E-state index contributed by atoms with van der Waals surface area (Å²) in [5, 5.41) is 2.94. The van der Waals surface area contributed by atoms with Crippen molar-refractivity contribution in [2.45, 2.75) is 26.7 Å². The van der Waals surface area contributed by atoms with Crippen molar-refractivity contribution in [3.63, 3.8) is 0 Å². The summed E-state index contributed by atoms with van der Waals surface area (Å²) in [4.78, 5) is 8.54. The summed E-state index contributed by atoms with van der Waals surface area (Å²) in [5.41, 5.74) is 2.10. The third-order valence-electron chi connectivity index (χ3n) is 1.69. The van der Waals surface area contributed by atoms with E-state index in [1.165, 1.54) is 0 Å². The Morgan fingerprint density at radius 1 is 1.33 bits per heavy atom. The Bertz CT molecular complexity index is 268. The van der Waals surface area contributed by atoms with Crippen LogP contribution in [0.5, 0.6) is 0 Å². The number of aromatic nitrogens is 2. The van der Waals surface area contributed by atoms with Crippen LogP contribution in [-0.2, 0) is 0 Å². The van der Waals surface area contributed by atoms with E-state index in [4.69, 9.17) is 0 Å². The van der Waals surface area contributed by atoms with E-state index >= 15 is 0 Å². The highest BCUT2D eigenvalue weighted by atomic mass is 15.1. The zero-order valence-corrected chi connectivity index (χ0v) is 8.05. The summed E-state index contributed by atoms with van der Waals surface area (Å²) in [6, 6.07) is 2.02. The predicted octanol–water partition coefficient (Wildman–Crippen LogP) is 1.95. The van der Waals surface area contributed by atoms with Crippen molar-refractivity contribution >= 4 is 5.95 Å². The van der Waals surface area contributed by atoms with E-state index in [2.05, 4.69) is 29.1 Å². The minimum absolute atomic E-state index is 0.457. The van der Waals surface area contributed by atoms with Crippen LogP contribution >= 0.6 is 0 Å². The van der Waals surface area contributed by atoms with Gasteiger partial charge in [0.25, 0.3) is 0 Å². The number of anilines is 1. The molecule has 0 spiro atoms. The van der Waals surface area contributed by atoms with E-state index in [-0.39, 0.29) is 0 Å². The SMILES string of the molecule is CNc1nc(C)cc(C(C)C)n1. The number of nitrogens with zero attached hydrogens (tertiary/aromatic N) is 2. The molecular formula is C9H15N3. The molecule has 0 aliphatic heterocycles. The van der Waals surface area contributed by atoms with Gasteiger partial charge in [-0.1, -0.05) is 13.8 Å². The Morgan fingerprint density at radius 3 is 2.50 bits per heavy atom. The van der Waals surface area contributed by atoms with E-state index in [1.807, 2.05) is 20.0 Å². The molecule has 0 radical (unpaired) electrons. The van der Waals surface area contributed by atoms with Gasteiger partial charge in [-0.15, -0.1) is 0 Å². The summed E-state index contributed by atoms with van der Waals surface area (Å²) in [7, 11) is 1.83. The molecule has 0 aromatic carbocycles. The Balaban J connectivity index is 3.06. The molecule has 0 atom stereocenters. The van der Waals surface area contributed by atoms with E-state index in [1.54, 1.807) is 0 Å². The molecule has 0 aliphatic rings. The van der Waals surface area contributed by atoms with Crippen LogP contribution in [0.3, 0.4) is 0 Å². The van der Waals surface area contributed by atoms with Crippen molar-refractivity contribution in [3.8, 4) is 0 Å². The molecule has 0 fully saturated rings. The molecule has 0 saturated heterocycles. The maximum Gasteiger partial charge on any atom is 0.222 e. The van der Waals surface area contributed by atoms with Gasteiger partial charge in [-0.3, -0.25) is 0 Å². The normalized spacial score (nSPS) is 10.4. The maximum atomic E-state index is 4.33. The fraction of sp³-hybridized carbons (Fsp3) is 0.556. The molecule has 0 bridgehead atoms. The van der Waals surface area contributed by atoms with Crippen LogP contribution in [-0.4, -0.2) is 17.0 Å². The van der Waals surface area contributed by atoms with Crippen molar-refractivity contribution in [2.75, 3.05) is 12.4 Å². The highest BCUT2D eigenvalue weighted by molar-refractivity contribution is 5.27. The molecule has 12 heavy (non-hydrogen) atoms. The molecule has 1 aromatic heterocycles. The van der Waals surface area contributed by atoms with Crippen molar-refractivity contribution in [1.29, 1.82) is 0 Å². The average Bonchev–Trinajstić information content (AvgIpc) is 2.03. The minimum atomic E-state index is 0.457. The van der Waals surface area contributed by atoms with Gasteiger partial charge in [-0.2, -0.15) is 0 Å². The zero-order chi connectivity index (χ0) is 9.14. The van der Waals surface area contributed by atoms with Gasteiger partial charge in [0, 0.05) is 18.4 Å². The summed E-state index contributed by atoms with van der Waals surface area (Å²) in [6.45, 7) is 6.23. The molecule has 66 valence electrons. The lowest BCUT2D eigenvalue weighted by atomic mass is 10.1. The number of hydrogen-bond acceptors (Lipinski definition) is 3. The van der Waals surface area contributed by atoms with Crippen LogP contribution < -0.4 is 5.32 Å². The van der Waals surface area contributed by atoms with Gasteiger partial charge in [-0.05, 0) is 18.9 Å². The fourth-order valence-corrected chi connectivity index (χ4v) is 1.00. The molecule has 1 heterocycles. The number of nitrogens with one attached hydrogen (secondary N) is 1. The molecule has 0 amide bonds. The Hall–Kier alpha value is -1.12. The zero-order valence-electron chi connectivity index (χ0n) is 8.05. The second kappa shape index (κ2) is 3.52. The maximum absolute atomic E-state index is 4.33. The van der Waals surface area contributed by atoms with Gasteiger partial charge in [0.05, 0.1) is 0 Å². The highest BCUT2D eigenvalue weighted by Gasteiger charge is 2.03. The second-order valence-corrected chi connectivity index (χ2v) is 3.16. The summed E-state index contributed by atoms with van der Waals surface area (Å²) < 4.78 is 0. The first-order valence-corrected chi connectivity index (χ1v) is 4.17. The molecule has 1 N–H and O–H groups in total. The van der Waals surface area contributed by atoms with Gasteiger partial charge in [0.1, 0.15) is 0 Å². The summed E-state index contributed by atoms with van der Waals surface area (Å²) in [6.07, 6.45) is 0. The van der Waals surface area contributed by atoms with E-state index in [9.17, 15) is 0 Å². The van der Waals surface area contributed by atoms with Crippen LogP contribution in [0.4, 0.5) is 5.95 Å². The van der Waals surface area contributed by atoms with Gasteiger partial charge in [-0.25, -0.2) is 9.97 Å². The smallest absolute Gasteiger partial charge is 0.222 e. The Labute approximate surface area is 73.2 Å². The molecule has 3 nitrogen and oxygen atoms in total. The van der Waals surface area contributed by atoms with E-state index in [0.29, 0.717) is 11.9 Å². The highest BCUT2D eigenvalue weighted by Crippen LogP contribution is 2.13. The fourth-order valence-electron chi connectivity index (χ4n) is 1.00. The summed E-state index contributed by atoms with van der Waals surface area (Å²) >= 11 is 0.